The monoisotopic (exact) mass is 347 g/mol. The van der Waals surface area contributed by atoms with Crippen LogP contribution in [0.4, 0.5) is 0 Å². The summed E-state index contributed by atoms with van der Waals surface area (Å²) >= 11 is 0. The molecule has 0 aliphatic carbocycles. The molecule has 0 aliphatic heterocycles. The fourth-order valence-electron chi connectivity index (χ4n) is 3.02. The maximum Gasteiger partial charge on any atom is 0.268 e. The van der Waals surface area contributed by atoms with E-state index in [2.05, 4.69) is 15.3 Å². The maximum absolute atomic E-state index is 12.8. The second kappa shape index (κ2) is 6.11. The minimum Gasteiger partial charge on any atom is -0.347 e. The molecule has 0 saturated carbocycles. The zero-order valence-corrected chi connectivity index (χ0v) is 14.4. The Morgan fingerprint density at radius 2 is 2.08 bits per heavy atom. The van der Waals surface area contributed by atoms with Gasteiger partial charge in [0.15, 0.2) is 0 Å². The molecule has 0 saturated heterocycles. The highest BCUT2D eigenvalue weighted by atomic mass is 16.2. The van der Waals surface area contributed by atoms with Gasteiger partial charge in [-0.2, -0.15) is 0 Å². The molecule has 7 heteroatoms. The van der Waals surface area contributed by atoms with E-state index in [4.69, 9.17) is 0 Å². The van der Waals surface area contributed by atoms with Gasteiger partial charge in [-0.1, -0.05) is 12.1 Å². The van der Waals surface area contributed by atoms with Crippen LogP contribution in [0, 0.1) is 6.92 Å². The molecule has 4 heterocycles. The minimum absolute atomic E-state index is 0.185. The number of nitrogens with one attached hydrogen (secondary N) is 1. The summed E-state index contributed by atoms with van der Waals surface area (Å²) < 4.78 is 3.16. The fourth-order valence-corrected chi connectivity index (χ4v) is 3.02. The van der Waals surface area contributed by atoms with Gasteiger partial charge in [-0.3, -0.25) is 19.0 Å². The molecule has 7 nitrogen and oxygen atoms in total. The average molecular weight is 347 g/mol. The van der Waals surface area contributed by atoms with Crippen LogP contribution in [0.2, 0.25) is 0 Å². The van der Waals surface area contributed by atoms with Crippen molar-refractivity contribution in [1.82, 2.24) is 24.3 Å². The Morgan fingerprint density at radius 1 is 1.23 bits per heavy atom. The van der Waals surface area contributed by atoms with E-state index in [1.54, 1.807) is 36.3 Å². The van der Waals surface area contributed by atoms with Crippen molar-refractivity contribution < 1.29 is 4.79 Å². The van der Waals surface area contributed by atoms with Gasteiger partial charge >= 0.3 is 0 Å². The van der Waals surface area contributed by atoms with E-state index in [0.29, 0.717) is 28.9 Å². The largest absolute Gasteiger partial charge is 0.347 e. The summed E-state index contributed by atoms with van der Waals surface area (Å²) in [5.74, 6) is -0.264. The van der Waals surface area contributed by atoms with Gasteiger partial charge in [-0.15, -0.1) is 0 Å². The summed E-state index contributed by atoms with van der Waals surface area (Å²) in [6, 6.07) is 9.01. The second-order valence-electron chi connectivity index (χ2n) is 6.17. The number of carbonyl (C=O) groups excluding carboxylic acids is 1. The smallest absolute Gasteiger partial charge is 0.268 e. The van der Waals surface area contributed by atoms with Crippen LogP contribution in [0.25, 0.3) is 16.7 Å². The first-order valence-electron chi connectivity index (χ1n) is 8.21. The number of aryl methyl sites for hydroxylation is 2. The fraction of sp³-hybridized carbons (Fsp3) is 0.158. The van der Waals surface area contributed by atoms with Crippen molar-refractivity contribution in [2.45, 2.75) is 13.5 Å². The maximum atomic E-state index is 12.8. The van der Waals surface area contributed by atoms with Crippen LogP contribution in [0.3, 0.4) is 0 Å². The molecule has 0 aromatic carbocycles. The predicted molar refractivity (Wildman–Crippen MR) is 98.1 cm³/mol. The van der Waals surface area contributed by atoms with Crippen molar-refractivity contribution in [3.05, 3.63) is 76.1 Å². The summed E-state index contributed by atoms with van der Waals surface area (Å²) in [5.41, 5.74) is 3.09. The highest BCUT2D eigenvalue weighted by molar-refractivity contribution is 5.98. The molecule has 0 radical (unpaired) electrons. The lowest BCUT2D eigenvalue weighted by atomic mass is 10.2. The van der Waals surface area contributed by atoms with Crippen molar-refractivity contribution in [3.63, 3.8) is 0 Å². The van der Waals surface area contributed by atoms with Crippen LogP contribution in [-0.4, -0.2) is 24.8 Å². The highest BCUT2D eigenvalue weighted by Gasteiger charge is 2.18. The third-order valence-corrected chi connectivity index (χ3v) is 4.43. The van der Waals surface area contributed by atoms with Crippen LogP contribution in [-0.2, 0) is 13.6 Å². The van der Waals surface area contributed by atoms with Crippen LogP contribution >= 0.6 is 0 Å². The number of nitrogens with zero attached hydrogens (tertiary/aromatic N) is 4. The number of hydrogen-bond acceptors (Lipinski definition) is 4. The van der Waals surface area contributed by atoms with Gasteiger partial charge in [0.1, 0.15) is 17.0 Å². The molecule has 1 amide bonds. The van der Waals surface area contributed by atoms with Gasteiger partial charge in [0, 0.05) is 32.2 Å². The van der Waals surface area contributed by atoms with E-state index >= 15 is 0 Å². The number of carbonyl (C=O) groups is 1. The van der Waals surface area contributed by atoms with E-state index in [1.165, 1.54) is 4.40 Å². The minimum atomic E-state index is -0.264. The van der Waals surface area contributed by atoms with Crippen LogP contribution < -0.4 is 10.9 Å². The van der Waals surface area contributed by atoms with E-state index in [-0.39, 0.29) is 11.5 Å². The Balaban J connectivity index is 1.76. The Morgan fingerprint density at radius 3 is 2.85 bits per heavy atom. The van der Waals surface area contributed by atoms with Gasteiger partial charge in [-0.25, -0.2) is 4.98 Å². The summed E-state index contributed by atoms with van der Waals surface area (Å²) in [6.45, 7) is 2.26. The lowest BCUT2D eigenvalue weighted by Gasteiger charge is -2.07. The summed E-state index contributed by atoms with van der Waals surface area (Å²) in [4.78, 5) is 34.0. The number of pyridine rings is 2. The number of hydrogen-bond donors (Lipinski definition) is 1. The molecule has 0 bridgehead atoms. The van der Waals surface area contributed by atoms with E-state index in [0.717, 1.165) is 11.1 Å². The predicted octanol–water partition coefficient (Wildman–Crippen LogP) is 1.82. The third kappa shape index (κ3) is 2.54. The molecule has 0 unspecified atom stereocenters. The van der Waals surface area contributed by atoms with Crippen LogP contribution in [0.1, 0.15) is 21.6 Å². The number of rotatable bonds is 3. The molecule has 0 fully saturated rings. The normalized spacial score (nSPS) is 11.2. The third-order valence-electron chi connectivity index (χ3n) is 4.43. The van der Waals surface area contributed by atoms with Crippen LogP contribution in [0.15, 0.2) is 53.7 Å². The first kappa shape index (κ1) is 16.0. The standard InChI is InChI=1S/C19H17N5O2/c1-12-5-4-8-24-16(12)22-17-14(19(24)26)9-15(23(17)2)18(25)21-11-13-6-3-7-20-10-13/h3-10H,11H2,1-2H3,(H,21,25). The molecule has 4 rings (SSSR count). The molecular weight excluding hydrogens is 330 g/mol. The van der Waals surface area contributed by atoms with Gasteiger partial charge in [0.25, 0.3) is 11.5 Å². The molecule has 0 atom stereocenters. The molecule has 0 spiro atoms. The Kier molecular flexibility index (Phi) is 3.76. The van der Waals surface area contributed by atoms with Crippen molar-refractivity contribution in [3.8, 4) is 0 Å². The van der Waals surface area contributed by atoms with Gasteiger partial charge in [0.05, 0.1) is 5.39 Å². The van der Waals surface area contributed by atoms with E-state index in [9.17, 15) is 9.59 Å². The first-order valence-corrected chi connectivity index (χ1v) is 8.21. The van der Waals surface area contributed by atoms with Crippen molar-refractivity contribution in [1.29, 1.82) is 0 Å². The lowest BCUT2D eigenvalue weighted by Crippen LogP contribution is -2.24. The van der Waals surface area contributed by atoms with E-state index < -0.39 is 0 Å². The van der Waals surface area contributed by atoms with E-state index in [1.807, 2.05) is 31.2 Å². The number of aromatic nitrogens is 4. The van der Waals surface area contributed by atoms with Gasteiger partial charge < -0.3 is 9.88 Å². The quantitative estimate of drug-likeness (QED) is 0.613. The number of fused-ring (bicyclic) bond motifs is 2. The van der Waals surface area contributed by atoms with Crippen molar-refractivity contribution in [2.75, 3.05) is 0 Å². The molecule has 26 heavy (non-hydrogen) atoms. The zero-order chi connectivity index (χ0) is 18.3. The Hall–Kier alpha value is -3.48. The molecule has 4 aromatic rings. The topological polar surface area (TPSA) is 81.3 Å². The molecule has 0 aliphatic rings. The zero-order valence-electron chi connectivity index (χ0n) is 14.4. The summed E-state index contributed by atoms with van der Waals surface area (Å²) in [6.07, 6.45) is 5.07. The highest BCUT2D eigenvalue weighted by Crippen LogP contribution is 2.16. The Labute approximate surface area is 148 Å². The Bertz CT molecular complexity index is 1190. The van der Waals surface area contributed by atoms with Crippen LogP contribution in [0.5, 0.6) is 0 Å². The molecular formula is C19H17N5O2. The molecule has 1 N–H and O–H groups in total. The molecule has 4 aromatic heterocycles. The second-order valence-corrected chi connectivity index (χ2v) is 6.17. The number of amides is 1. The van der Waals surface area contributed by atoms with Crippen molar-refractivity contribution in [2.24, 2.45) is 7.05 Å². The van der Waals surface area contributed by atoms with Gasteiger partial charge in [0.2, 0.25) is 0 Å². The first-order chi connectivity index (χ1) is 12.6. The summed E-state index contributed by atoms with van der Waals surface area (Å²) in [5, 5.41) is 3.27. The lowest BCUT2D eigenvalue weighted by molar-refractivity contribution is 0.0943. The SMILES string of the molecule is Cc1cccn2c(=O)c3cc(C(=O)NCc4cccnc4)n(C)c3nc12. The average Bonchev–Trinajstić information content (AvgIpc) is 2.99. The van der Waals surface area contributed by atoms with Crippen molar-refractivity contribution >= 4 is 22.6 Å². The summed E-state index contributed by atoms with van der Waals surface area (Å²) in [7, 11) is 1.74. The van der Waals surface area contributed by atoms with Gasteiger partial charge in [-0.05, 0) is 36.2 Å². The molecule has 130 valence electrons.